The molecule has 0 radical (unpaired) electrons. The van der Waals surface area contributed by atoms with Gasteiger partial charge in [0.1, 0.15) is 0 Å². The second-order valence-corrected chi connectivity index (χ2v) is 6.28. The zero-order valence-electron chi connectivity index (χ0n) is 10.7. The summed E-state index contributed by atoms with van der Waals surface area (Å²) < 4.78 is 0. The van der Waals surface area contributed by atoms with E-state index < -0.39 is 6.10 Å². The van der Waals surface area contributed by atoms with Crippen LogP contribution < -0.4 is 0 Å². The molecule has 0 amide bonds. The molecular formula is C13H26O3. The van der Waals surface area contributed by atoms with Gasteiger partial charge in [-0.2, -0.15) is 0 Å². The quantitative estimate of drug-likeness (QED) is 0.689. The molecular weight excluding hydrogens is 204 g/mol. The van der Waals surface area contributed by atoms with Gasteiger partial charge in [-0.25, -0.2) is 0 Å². The van der Waals surface area contributed by atoms with Crippen LogP contribution in [-0.2, 0) is 0 Å². The largest absolute Gasteiger partial charge is 0.394 e. The number of hydrogen-bond acceptors (Lipinski definition) is 3. The van der Waals surface area contributed by atoms with Crippen LogP contribution in [-0.4, -0.2) is 34.1 Å². The van der Waals surface area contributed by atoms with Crippen molar-refractivity contribution in [2.45, 2.75) is 58.7 Å². The van der Waals surface area contributed by atoms with Crippen LogP contribution in [0.25, 0.3) is 0 Å². The van der Waals surface area contributed by atoms with Crippen LogP contribution in [0.15, 0.2) is 0 Å². The summed E-state index contributed by atoms with van der Waals surface area (Å²) in [6.07, 6.45) is 2.38. The predicted octanol–water partition coefficient (Wildman–Crippen LogP) is 1.55. The third-order valence-electron chi connectivity index (χ3n) is 3.95. The zero-order valence-corrected chi connectivity index (χ0v) is 10.7. The lowest BCUT2D eigenvalue weighted by molar-refractivity contribution is -0.0145. The fourth-order valence-corrected chi connectivity index (χ4v) is 2.71. The van der Waals surface area contributed by atoms with Crippen LogP contribution in [0.4, 0.5) is 0 Å². The Labute approximate surface area is 98.5 Å². The highest BCUT2D eigenvalue weighted by Gasteiger charge is 2.35. The topological polar surface area (TPSA) is 60.7 Å². The highest BCUT2D eigenvalue weighted by atomic mass is 16.3. The predicted molar refractivity (Wildman–Crippen MR) is 64.0 cm³/mol. The van der Waals surface area contributed by atoms with E-state index in [-0.39, 0.29) is 24.0 Å². The Bertz CT molecular complexity index is 210. The minimum Gasteiger partial charge on any atom is -0.394 e. The van der Waals surface area contributed by atoms with Crippen molar-refractivity contribution in [2.24, 2.45) is 17.3 Å². The summed E-state index contributed by atoms with van der Waals surface area (Å²) in [7, 11) is 0. The lowest BCUT2D eigenvalue weighted by Gasteiger charge is -2.40. The Morgan fingerprint density at radius 3 is 2.38 bits per heavy atom. The van der Waals surface area contributed by atoms with Crippen LogP contribution >= 0.6 is 0 Å². The molecule has 96 valence electrons. The van der Waals surface area contributed by atoms with Crippen molar-refractivity contribution in [3.8, 4) is 0 Å². The summed E-state index contributed by atoms with van der Waals surface area (Å²) in [5.74, 6) is 0.743. The number of aliphatic hydroxyl groups is 3. The summed E-state index contributed by atoms with van der Waals surface area (Å²) in [5, 5.41) is 28.2. The van der Waals surface area contributed by atoms with Gasteiger partial charge in [0.15, 0.2) is 0 Å². The average molecular weight is 230 g/mol. The Morgan fingerprint density at radius 1 is 1.25 bits per heavy atom. The zero-order chi connectivity index (χ0) is 12.3. The molecule has 1 aliphatic carbocycles. The van der Waals surface area contributed by atoms with Gasteiger partial charge in [-0.1, -0.05) is 20.8 Å². The Hall–Kier alpha value is -0.120. The Balaban J connectivity index is 2.55. The minimum absolute atomic E-state index is 0.139. The maximum absolute atomic E-state index is 9.90. The van der Waals surface area contributed by atoms with Crippen molar-refractivity contribution in [3.63, 3.8) is 0 Å². The molecule has 0 aromatic carbocycles. The Kier molecular flexibility index (Phi) is 4.77. The van der Waals surface area contributed by atoms with Crippen LogP contribution in [0.1, 0.15) is 46.5 Å². The van der Waals surface area contributed by atoms with E-state index in [0.717, 1.165) is 19.3 Å². The minimum atomic E-state index is -0.682. The summed E-state index contributed by atoms with van der Waals surface area (Å²) >= 11 is 0. The second kappa shape index (κ2) is 5.48. The van der Waals surface area contributed by atoms with Crippen LogP contribution in [0.2, 0.25) is 0 Å². The molecule has 3 heteroatoms. The van der Waals surface area contributed by atoms with Crippen molar-refractivity contribution in [2.75, 3.05) is 6.61 Å². The van der Waals surface area contributed by atoms with Gasteiger partial charge in [-0.15, -0.1) is 0 Å². The standard InChI is InChI=1S/C13H26O3/c1-13(2,3)10-4-5-12(16)9(6-10)7-11(15)8-14/h9-12,14-16H,4-8H2,1-3H3. The molecule has 0 spiro atoms. The summed E-state index contributed by atoms with van der Waals surface area (Å²) in [5.41, 5.74) is 0.266. The molecule has 0 aromatic heterocycles. The molecule has 3 nitrogen and oxygen atoms in total. The van der Waals surface area contributed by atoms with E-state index in [0.29, 0.717) is 12.3 Å². The lowest BCUT2D eigenvalue weighted by Crippen LogP contribution is -2.36. The van der Waals surface area contributed by atoms with Gasteiger partial charge in [-0.05, 0) is 42.9 Å². The first-order chi connectivity index (χ1) is 7.34. The summed E-state index contributed by atoms with van der Waals surface area (Å²) in [6, 6.07) is 0. The molecule has 0 heterocycles. The number of hydrogen-bond donors (Lipinski definition) is 3. The van der Waals surface area contributed by atoms with Crippen molar-refractivity contribution >= 4 is 0 Å². The Morgan fingerprint density at radius 2 is 1.88 bits per heavy atom. The highest BCUT2D eigenvalue weighted by Crippen LogP contribution is 2.41. The van der Waals surface area contributed by atoms with Gasteiger partial charge in [0, 0.05) is 0 Å². The SMILES string of the molecule is CC(C)(C)C1CCC(O)C(CC(O)CO)C1. The van der Waals surface area contributed by atoms with E-state index in [4.69, 9.17) is 5.11 Å². The smallest absolute Gasteiger partial charge is 0.0774 e. The second-order valence-electron chi connectivity index (χ2n) is 6.28. The summed E-state index contributed by atoms with van der Waals surface area (Å²) in [4.78, 5) is 0. The summed E-state index contributed by atoms with van der Waals surface area (Å²) in [6.45, 7) is 6.49. The first-order valence-corrected chi connectivity index (χ1v) is 6.31. The van der Waals surface area contributed by atoms with Crippen LogP contribution in [0, 0.1) is 17.3 Å². The fourth-order valence-electron chi connectivity index (χ4n) is 2.71. The van der Waals surface area contributed by atoms with E-state index in [9.17, 15) is 10.2 Å². The van der Waals surface area contributed by atoms with E-state index in [1.165, 1.54) is 0 Å². The van der Waals surface area contributed by atoms with Crippen molar-refractivity contribution in [1.82, 2.24) is 0 Å². The van der Waals surface area contributed by atoms with Crippen molar-refractivity contribution in [1.29, 1.82) is 0 Å². The molecule has 0 aromatic rings. The van der Waals surface area contributed by atoms with Crippen LogP contribution in [0.3, 0.4) is 0 Å². The maximum Gasteiger partial charge on any atom is 0.0774 e. The normalized spacial score (nSPS) is 33.8. The third-order valence-corrected chi connectivity index (χ3v) is 3.95. The molecule has 4 unspecified atom stereocenters. The van der Waals surface area contributed by atoms with Crippen molar-refractivity contribution in [3.05, 3.63) is 0 Å². The maximum atomic E-state index is 9.90. The molecule has 4 atom stereocenters. The average Bonchev–Trinajstić information content (AvgIpc) is 2.19. The van der Waals surface area contributed by atoms with Gasteiger partial charge >= 0.3 is 0 Å². The first kappa shape index (κ1) is 13.9. The van der Waals surface area contributed by atoms with Crippen molar-refractivity contribution < 1.29 is 15.3 Å². The molecule has 1 aliphatic rings. The molecule has 0 bridgehead atoms. The van der Waals surface area contributed by atoms with E-state index in [1.807, 2.05) is 0 Å². The lowest BCUT2D eigenvalue weighted by atomic mass is 9.67. The van der Waals surface area contributed by atoms with Gasteiger partial charge in [-0.3, -0.25) is 0 Å². The first-order valence-electron chi connectivity index (χ1n) is 6.31. The highest BCUT2D eigenvalue weighted by molar-refractivity contribution is 4.86. The number of aliphatic hydroxyl groups excluding tert-OH is 3. The van der Waals surface area contributed by atoms with Gasteiger partial charge < -0.3 is 15.3 Å². The van der Waals surface area contributed by atoms with Gasteiger partial charge in [0.05, 0.1) is 18.8 Å². The van der Waals surface area contributed by atoms with E-state index >= 15 is 0 Å². The molecule has 1 saturated carbocycles. The molecule has 3 N–H and O–H groups in total. The fraction of sp³-hybridized carbons (Fsp3) is 1.00. The van der Waals surface area contributed by atoms with Gasteiger partial charge in [0.2, 0.25) is 0 Å². The molecule has 0 saturated heterocycles. The molecule has 16 heavy (non-hydrogen) atoms. The van der Waals surface area contributed by atoms with Gasteiger partial charge in [0.25, 0.3) is 0 Å². The van der Waals surface area contributed by atoms with E-state index in [2.05, 4.69) is 20.8 Å². The number of rotatable bonds is 3. The van der Waals surface area contributed by atoms with Crippen LogP contribution in [0.5, 0.6) is 0 Å². The van der Waals surface area contributed by atoms with E-state index in [1.54, 1.807) is 0 Å². The molecule has 1 fully saturated rings. The third kappa shape index (κ3) is 3.72. The monoisotopic (exact) mass is 230 g/mol. The molecule has 0 aliphatic heterocycles. The molecule has 1 rings (SSSR count).